The summed E-state index contributed by atoms with van der Waals surface area (Å²) < 4.78 is 10.5. The molecular formula is C12H13ClO3. The molecule has 0 saturated carbocycles. The third-order valence-electron chi connectivity index (χ3n) is 1.82. The Kier molecular flexibility index (Phi) is 5.61. The predicted octanol–water partition coefficient (Wildman–Crippen LogP) is 2.65. The van der Waals surface area contributed by atoms with Gasteiger partial charge in [0.2, 0.25) is 0 Å². The van der Waals surface area contributed by atoms with Gasteiger partial charge in [-0.2, -0.15) is 0 Å². The first-order valence-corrected chi connectivity index (χ1v) is 5.24. The van der Waals surface area contributed by atoms with Crippen molar-refractivity contribution in [2.75, 3.05) is 19.8 Å². The van der Waals surface area contributed by atoms with Crippen LogP contribution in [-0.4, -0.2) is 25.1 Å². The minimum Gasteiger partial charge on any atom is -0.490 e. The first-order chi connectivity index (χ1) is 7.75. The minimum atomic E-state index is -0.525. The largest absolute Gasteiger partial charge is 0.490 e. The van der Waals surface area contributed by atoms with E-state index in [0.717, 1.165) is 0 Å². The van der Waals surface area contributed by atoms with Gasteiger partial charge in [0.1, 0.15) is 12.4 Å². The van der Waals surface area contributed by atoms with Gasteiger partial charge in [-0.05, 0) is 23.7 Å². The lowest BCUT2D eigenvalue weighted by Gasteiger charge is -2.08. The van der Waals surface area contributed by atoms with E-state index in [-0.39, 0.29) is 0 Å². The van der Waals surface area contributed by atoms with Crippen molar-refractivity contribution in [2.24, 2.45) is 0 Å². The lowest BCUT2D eigenvalue weighted by atomic mass is 10.2. The molecule has 0 saturated heterocycles. The SMILES string of the molecule is C=CCOCCOc1ccccc1C(=O)Cl. The van der Waals surface area contributed by atoms with Gasteiger partial charge in [0, 0.05) is 0 Å². The zero-order valence-corrected chi connectivity index (χ0v) is 9.57. The monoisotopic (exact) mass is 240 g/mol. The molecule has 0 aliphatic carbocycles. The van der Waals surface area contributed by atoms with Crippen LogP contribution in [0.15, 0.2) is 36.9 Å². The van der Waals surface area contributed by atoms with Gasteiger partial charge >= 0.3 is 0 Å². The summed E-state index contributed by atoms with van der Waals surface area (Å²) in [5, 5.41) is -0.525. The fraction of sp³-hybridized carbons (Fsp3) is 0.250. The van der Waals surface area contributed by atoms with Crippen LogP contribution < -0.4 is 4.74 Å². The second-order valence-corrected chi connectivity index (χ2v) is 3.33. The highest BCUT2D eigenvalue weighted by Gasteiger charge is 2.08. The zero-order valence-electron chi connectivity index (χ0n) is 8.82. The number of para-hydroxylation sites is 1. The van der Waals surface area contributed by atoms with Crippen LogP contribution in [-0.2, 0) is 4.74 Å². The fourth-order valence-electron chi connectivity index (χ4n) is 1.13. The number of benzene rings is 1. The fourth-order valence-corrected chi connectivity index (χ4v) is 1.29. The van der Waals surface area contributed by atoms with Gasteiger partial charge in [0.15, 0.2) is 0 Å². The van der Waals surface area contributed by atoms with E-state index >= 15 is 0 Å². The normalized spacial score (nSPS) is 9.81. The number of hydrogen-bond acceptors (Lipinski definition) is 3. The van der Waals surface area contributed by atoms with Gasteiger partial charge in [-0.1, -0.05) is 18.2 Å². The number of hydrogen-bond donors (Lipinski definition) is 0. The van der Waals surface area contributed by atoms with E-state index in [2.05, 4.69) is 6.58 Å². The summed E-state index contributed by atoms with van der Waals surface area (Å²) in [4.78, 5) is 11.0. The average molecular weight is 241 g/mol. The van der Waals surface area contributed by atoms with Crippen LogP contribution in [0.3, 0.4) is 0 Å². The molecule has 86 valence electrons. The van der Waals surface area contributed by atoms with Gasteiger partial charge in [-0.3, -0.25) is 4.79 Å². The molecule has 0 fully saturated rings. The quantitative estimate of drug-likeness (QED) is 0.418. The van der Waals surface area contributed by atoms with Crippen LogP contribution in [0, 0.1) is 0 Å². The Morgan fingerprint density at radius 2 is 2.12 bits per heavy atom. The average Bonchev–Trinajstić information content (AvgIpc) is 2.29. The third-order valence-corrected chi connectivity index (χ3v) is 2.02. The predicted molar refractivity (Wildman–Crippen MR) is 63.1 cm³/mol. The molecule has 1 rings (SSSR count). The number of ether oxygens (including phenoxy) is 2. The van der Waals surface area contributed by atoms with Gasteiger partial charge in [-0.15, -0.1) is 6.58 Å². The lowest BCUT2D eigenvalue weighted by molar-refractivity contribution is 0.106. The maximum atomic E-state index is 11.0. The molecule has 0 aromatic heterocycles. The highest BCUT2D eigenvalue weighted by atomic mass is 35.5. The van der Waals surface area contributed by atoms with Crippen molar-refractivity contribution >= 4 is 16.8 Å². The Balaban J connectivity index is 2.47. The molecule has 0 spiro atoms. The van der Waals surface area contributed by atoms with Crippen molar-refractivity contribution in [3.8, 4) is 5.75 Å². The molecule has 0 aliphatic rings. The van der Waals surface area contributed by atoms with Crippen molar-refractivity contribution in [2.45, 2.75) is 0 Å². The van der Waals surface area contributed by atoms with E-state index in [1.54, 1.807) is 30.3 Å². The topological polar surface area (TPSA) is 35.5 Å². The van der Waals surface area contributed by atoms with E-state index in [1.165, 1.54) is 0 Å². The molecule has 0 radical (unpaired) electrons. The van der Waals surface area contributed by atoms with E-state index < -0.39 is 5.24 Å². The second kappa shape index (κ2) is 7.04. The van der Waals surface area contributed by atoms with E-state index in [9.17, 15) is 4.79 Å². The summed E-state index contributed by atoms with van der Waals surface area (Å²) in [6.45, 7) is 4.82. The molecule has 0 N–H and O–H groups in total. The summed E-state index contributed by atoms with van der Waals surface area (Å²) in [6.07, 6.45) is 1.66. The van der Waals surface area contributed by atoms with Crippen LogP contribution in [0.25, 0.3) is 0 Å². The number of halogens is 1. The molecule has 4 heteroatoms. The zero-order chi connectivity index (χ0) is 11.8. The molecular weight excluding hydrogens is 228 g/mol. The van der Waals surface area contributed by atoms with Crippen LogP contribution >= 0.6 is 11.6 Å². The first-order valence-electron chi connectivity index (χ1n) is 4.86. The van der Waals surface area contributed by atoms with Crippen LogP contribution in [0.2, 0.25) is 0 Å². The van der Waals surface area contributed by atoms with E-state index in [1.807, 2.05) is 0 Å². The maximum Gasteiger partial charge on any atom is 0.256 e. The highest BCUT2D eigenvalue weighted by molar-refractivity contribution is 6.68. The van der Waals surface area contributed by atoms with Crippen LogP contribution in [0.5, 0.6) is 5.75 Å². The lowest BCUT2D eigenvalue weighted by Crippen LogP contribution is -2.08. The number of carbonyl (C=O) groups is 1. The summed E-state index contributed by atoms with van der Waals surface area (Å²) in [5.74, 6) is 0.477. The molecule has 3 nitrogen and oxygen atoms in total. The second-order valence-electron chi connectivity index (χ2n) is 2.98. The molecule has 0 unspecified atom stereocenters. The third kappa shape index (κ3) is 4.04. The van der Waals surface area contributed by atoms with Gasteiger partial charge in [-0.25, -0.2) is 0 Å². The molecule has 1 aromatic rings. The smallest absolute Gasteiger partial charge is 0.256 e. The Morgan fingerprint density at radius 1 is 1.38 bits per heavy atom. The summed E-state index contributed by atoms with van der Waals surface area (Å²) in [5.41, 5.74) is 0.368. The first kappa shape index (κ1) is 12.7. The Morgan fingerprint density at radius 3 is 2.81 bits per heavy atom. The van der Waals surface area contributed by atoms with Crippen molar-refractivity contribution in [1.82, 2.24) is 0 Å². The molecule has 0 amide bonds. The Bertz CT molecular complexity index is 363. The van der Waals surface area contributed by atoms with Crippen molar-refractivity contribution < 1.29 is 14.3 Å². The molecule has 0 heterocycles. The maximum absolute atomic E-state index is 11.0. The van der Waals surface area contributed by atoms with Crippen molar-refractivity contribution in [1.29, 1.82) is 0 Å². The van der Waals surface area contributed by atoms with Gasteiger partial charge in [0.05, 0.1) is 18.8 Å². The van der Waals surface area contributed by atoms with E-state index in [0.29, 0.717) is 31.1 Å². The Labute approximate surface area is 99.6 Å². The molecule has 1 aromatic carbocycles. The Hall–Kier alpha value is -1.32. The van der Waals surface area contributed by atoms with Crippen molar-refractivity contribution in [3.63, 3.8) is 0 Å². The van der Waals surface area contributed by atoms with Crippen molar-refractivity contribution in [3.05, 3.63) is 42.5 Å². The number of rotatable bonds is 7. The summed E-state index contributed by atoms with van der Waals surface area (Å²) in [6, 6.07) is 6.83. The standard InChI is InChI=1S/C12H13ClO3/c1-2-7-15-8-9-16-11-6-4-3-5-10(11)12(13)14/h2-6H,1,7-9H2. The van der Waals surface area contributed by atoms with Crippen LogP contribution in [0.4, 0.5) is 0 Å². The minimum absolute atomic E-state index is 0.368. The highest BCUT2D eigenvalue weighted by Crippen LogP contribution is 2.19. The summed E-state index contributed by atoms with van der Waals surface area (Å²) >= 11 is 5.41. The molecule has 0 atom stereocenters. The summed E-state index contributed by atoms with van der Waals surface area (Å²) in [7, 11) is 0. The van der Waals surface area contributed by atoms with Crippen LogP contribution in [0.1, 0.15) is 10.4 Å². The molecule has 0 aliphatic heterocycles. The van der Waals surface area contributed by atoms with Gasteiger partial charge < -0.3 is 9.47 Å². The van der Waals surface area contributed by atoms with E-state index in [4.69, 9.17) is 21.1 Å². The number of carbonyl (C=O) groups excluding carboxylic acids is 1. The molecule has 0 bridgehead atoms. The molecule has 16 heavy (non-hydrogen) atoms. The van der Waals surface area contributed by atoms with Gasteiger partial charge in [0.25, 0.3) is 5.24 Å².